The minimum absolute atomic E-state index is 0.289. The highest BCUT2D eigenvalue weighted by Crippen LogP contribution is 2.19. The summed E-state index contributed by atoms with van der Waals surface area (Å²) < 4.78 is 29.9. The molecule has 1 amide bonds. The molecule has 0 unspecified atom stereocenters. The van der Waals surface area contributed by atoms with Gasteiger partial charge in [-0.05, 0) is 31.4 Å². The summed E-state index contributed by atoms with van der Waals surface area (Å²) in [6.45, 7) is 1.30. The van der Waals surface area contributed by atoms with E-state index < -0.39 is 15.6 Å². The predicted molar refractivity (Wildman–Crippen MR) is 89.9 cm³/mol. The van der Waals surface area contributed by atoms with Crippen molar-refractivity contribution in [2.45, 2.75) is 25.0 Å². The fourth-order valence-corrected chi connectivity index (χ4v) is 4.03. The topological polar surface area (TPSA) is 80.5 Å². The number of likely N-dealkylation sites (tertiary alicyclic amines) is 1. The van der Waals surface area contributed by atoms with E-state index in [0.29, 0.717) is 24.7 Å². The smallest absolute Gasteiger partial charge is 0.237 e. The highest BCUT2D eigenvalue weighted by molar-refractivity contribution is 7.91. The minimum Gasteiger partial charge on any atom is -0.444 e. The molecule has 7 heteroatoms. The number of benzene rings is 1. The first-order valence-corrected chi connectivity index (χ1v) is 9.84. The second kappa shape index (κ2) is 7.17. The molecule has 1 aromatic heterocycles. The van der Waals surface area contributed by atoms with Crippen LogP contribution in [-0.4, -0.2) is 43.1 Å². The lowest BCUT2D eigenvalue weighted by molar-refractivity contribution is -0.129. The number of hydrogen-bond acceptors (Lipinski definition) is 5. The van der Waals surface area contributed by atoms with Crippen LogP contribution >= 0.6 is 0 Å². The molecular weight excluding hydrogens is 328 g/mol. The van der Waals surface area contributed by atoms with E-state index in [4.69, 9.17) is 4.42 Å². The molecule has 24 heavy (non-hydrogen) atoms. The minimum atomic E-state index is -3.57. The number of piperidine rings is 1. The normalized spacial score (nSPS) is 15.4. The Hall–Kier alpha value is -2.15. The van der Waals surface area contributed by atoms with E-state index in [2.05, 4.69) is 4.98 Å². The summed E-state index contributed by atoms with van der Waals surface area (Å²) in [5.74, 6) is -0.701. The number of rotatable bonds is 5. The highest BCUT2D eigenvalue weighted by Gasteiger charge is 2.24. The third kappa shape index (κ3) is 4.23. The number of sulfone groups is 1. The first-order valence-electron chi connectivity index (χ1n) is 8.01. The number of nitrogens with zero attached hydrogens (tertiary/aromatic N) is 2. The van der Waals surface area contributed by atoms with Gasteiger partial charge in [-0.25, -0.2) is 13.4 Å². The molecule has 1 aliphatic heterocycles. The summed E-state index contributed by atoms with van der Waals surface area (Å²) in [7, 11) is -3.57. The quantitative estimate of drug-likeness (QED) is 0.828. The van der Waals surface area contributed by atoms with E-state index >= 15 is 0 Å². The van der Waals surface area contributed by atoms with Crippen LogP contribution in [0.2, 0.25) is 0 Å². The Morgan fingerprint density at radius 2 is 1.83 bits per heavy atom. The molecule has 2 heterocycles. The zero-order valence-corrected chi connectivity index (χ0v) is 14.2. The van der Waals surface area contributed by atoms with Crippen molar-refractivity contribution in [2.24, 2.45) is 0 Å². The number of hydrogen-bond donors (Lipinski definition) is 0. The van der Waals surface area contributed by atoms with Gasteiger partial charge in [-0.3, -0.25) is 4.79 Å². The average molecular weight is 348 g/mol. The van der Waals surface area contributed by atoms with Crippen LogP contribution in [-0.2, 0) is 20.4 Å². The van der Waals surface area contributed by atoms with Crippen LogP contribution in [0.1, 0.15) is 25.0 Å². The monoisotopic (exact) mass is 348 g/mol. The van der Waals surface area contributed by atoms with Gasteiger partial charge in [-0.15, -0.1) is 0 Å². The first kappa shape index (κ1) is 16.7. The number of amides is 1. The lowest BCUT2D eigenvalue weighted by Crippen LogP contribution is -2.39. The van der Waals surface area contributed by atoms with Gasteiger partial charge in [0.1, 0.15) is 12.0 Å². The largest absolute Gasteiger partial charge is 0.444 e. The van der Waals surface area contributed by atoms with Crippen molar-refractivity contribution in [1.29, 1.82) is 0 Å². The third-order valence-corrected chi connectivity index (χ3v) is 5.41. The first-order chi connectivity index (χ1) is 11.5. The molecule has 0 radical (unpaired) electrons. The van der Waals surface area contributed by atoms with Crippen molar-refractivity contribution >= 4 is 15.7 Å². The number of oxazole rings is 1. The summed E-state index contributed by atoms with van der Waals surface area (Å²) in [4.78, 5) is 18.0. The van der Waals surface area contributed by atoms with Crippen LogP contribution in [0.15, 0.2) is 41.0 Å². The van der Waals surface area contributed by atoms with E-state index in [9.17, 15) is 13.2 Å². The van der Waals surface area contributed by atoms with Crippen molar-refractivity contribution in [3.05, 3.63) is 42.3 Å². The Morgan fingerprint density at radius 3 is 2.54 bits per heavy atom. The fourth-order valence-electron chi connectivity index (χ4n) is 2.79. The molecular formula is C17H20N2O4S. The maximum atomic E-state index is 12.3. The summed E-state index contributed by atoms with van der Waals surface area (Å²) in [5.41, 5.74) is 1.10. The van der Waals surface area contributed by atoms with Crippen molar-refractivity contribution in [2.75, 3.05) is 18.8 Å². The maximum absolute atomic E-state index is 12.3. The van der Waals surface area contributed by atoms with Gasteiger partial charge in [-0.2, -0.15) is 0 Å². The molecule has 1 fully saturated rings. The molecule has 1 saturated heterocycles. The molecule has 0 N–H and O–H groups in total. The van der Waals surface area contributed by atoms with Gasteiger partial charge in [0, 0.05) is 18.7 Å². The van der Waals surface area contributed by atoms with Crippen molar-refractivity contribution < 1.29 is 17.6 Å². The van der Waals surface area contributed by atoms with E-state index in [0.717, 1.165) is 24.8 Å². The molecule has 6 nitrogen and oxygen atoms in total. The van der Waals surface area contributed by atoms with Crippen molar-refractivity contribution in [3.8, 4) is 11.5 Å². The molecule has 1 aromatic carbocycles. The number of aromatic nitrogens is 1. The van der Waals surface area contributed by atoms with Crippen LogP contribution in [0.3, 0.4) is 0 Å². The van der Waals surface area contributed by atoms with Crippen LogP contribution in [0, 0.1) is 0 Å². The SMILES string of the molecule is O=C(CS(=O)(=O)Cc1coc(-c2ccccc2)n1)N1CCCCC1. The van der Waals surface area contributed by atoms with Crippen LogP contribution in [0.5, 0.6) is 0 Å². The molecule has 0 atom stereocenters. The Morgan fingerprint density at radius 1 is 1.12 bits per heavy atom. The third-order valence-electron chi connectivity index (χ3n) is 3.99. The van der Waals surface area contributed by atoms with Crippen LogP contribution in [0.4, 0.5) is 0 Å². The van der Waals surface area contributed by atoms with E-state index in [1.165, 1.54) is 6.26 Å². The van der Waals surface area contributed by atoms with Gasteiger partial charge in [0.25, 0.3) is 0 Å². The maximum Gasteiger partial charge on any atom is 0.237 e. The Labute approximate surface area is 141 Å². The highest BCUT2D eigenvalue weighted by atomic mass is 32.2. The Kier molecular flexibility index (Phi) is 4.99. The van der Waals surface area contributed by atoms with Gasteiger partial charge in [0.2, 0.25) is 11.8 Å². The second-order valence-corrected chi connectivity index (χ2v) is 8.05. The van der Waals surface area contributed by atoms with E-state index in [1.54, 1.807) is 4.90 Å². The molecule has 3 rings (SSSR count). The lowest BCUT2D eigenvalue weighted by Gasteiger charge is -2.26. The Bertz CT molecular complexity index is 793. The zero-order valence-electron chi connectivity index (χ0n) is 13.3. The predicted octanol–water partition coefficient (Wildman–Crippen LogP) is 2.27. The van der Waals surface area contributed by atoms with Gasteiger partial charge < -0.3 is 9.32 Å². The van der Waals surface area contributed by atoms with E-state index in [1.807, 2.05) is 30.3 Å². The summed E-state index contributed by atoms with van der Waals surface area (Å²) >= 11 is 0. The average Bonchev–Trinajstić information content (AvgIpc) is 3.03. The van der Waals surface area contributed by atoms with Crippen LogP contribution in [0.25, 0.3) is 11.5 Å². The number of carbonyl (C=O) groups excluding carboxylic acids is 1. The number of carbonyl (C=O) groups is 1. The molecule has 2 aromatic rings. The Balaban J connectivity index is 1.64. The van der Waals surface area contributed by atoms with Gasteiger partial charge in [-0.1, -0.05) is 18.2 Å². The van der Waals surface area contributed by atoms with Crippen LogP contribution < -0.4 is 0 Å². The summed E-state index contributed by atoms with van der Waals surface area (Å²) in [6, 6.07) is 9.26. The molecule has 0 bridgehead atoms. The lowest BCUT2D eigenvalue weighted by atomic mass is 10.1. The molecule has 0 saturated carbocycles. The van der Waals surface area contributed by atoms with Crippen molar-refractivity contribution in [1.82, 2.24) is 9.88 Å². The van der Waals surface area contributed by atoms with Gasteiger partial charge >= 0.3 is 0 Å². The molecule has 0 spiro atoms. The fraction of sp³-hybridized carbons (Fsp3) is 0.412. The molecule has 128 valence electrons. The summed E-state index contributed by atoms with van der Waals surface area (Å²) in [6.07, 6.45) is 4.31. The molecule has 0 aliphatic carbocycles. The summed E-state index contributed by atoms with van der Waals surface area (Å²) in [5, 5.41) is 0. The van der Waals surface area contributed by atoms with Gasteiger partial charge in [0.05, 0.1) is 11.4 Å². The van der Waals surface area contributed by atoms with E-state index in [-0.39, 0.29) is 11.7 Å². The van der Waals surface area contributed by atoms with Gasteiger partial charge in [0.15, 0.2) is 9.84 Å². The molecule has 1 aliphatic rings. The van der Waals surface area contributed by atoms with Crippen molar-refractivity contribution in [3.63, 3.8) is 0 Å². The second-order valence-electron chi connectivity index (χ2n) is 5.98. The zero-order chi connectivity index (χ0) is 17.0. The standard InChI is InChI=1S/C17H20N2O4S/c20-16(19-9-5-2-6-10-19)13-24(21,22)12-15-11-23-17(18-15)14-7-3-1-4-8-14/h1,3-4,7-8,11H,2,5-6,9-10,12-13H2.